The van der Waals surface area contributed by atoms with E-state index in [4.69, 9.17) is 11.6 Å². The first-order valence-corrected chi connectivity index (χ1v) is 7.67. The van der Waals surface area contributed by atoms with Crippen molar-refractivity contribution < 1.29 is 15.1 Å². The van der Waals surface area contributed by atoms with Gasteiger partial charge in [-0.25, -0.2) is 4.98 Å². The molecular formula is C17H14ClN3O4. The van der Waals surface area contributed by atoms with Crippen molar-refractivity contribution in [1.82, 2.24) is 9.55 Å². The Kier molecular flexibility index (Phi) is 4.10. The standard InChI is InChI=1S/C17H14ClN3O4/c1-9-3-4-11(17(18)19-9)13-6-5-12(20(13)2)10-7-14(21(24)25)16(23)15(22)8-10/h3-8,22-23H,1-2H3. The molecule has 0 saturated heterocycles. The second-order valence-electron chi connectivity index (χ2n) is 5.57. The number of hydrogen-bond donors (Lipinski definition) is 2. The summed E-state index contributed by atoms with van der Waals surface area (Å²) in [7, 11) is 1.77. The van der Waals surface area contributed by atoms with E-state index in [1.54, 1.807) is 17.7 Å². The summed E-state index contributed by atoms with van der Waals surface area (Å²) in [6.45, 7) is 1.84. The Morgan fingerprint density at radius 2 is 1.84 bits per heavy atom. The third kappa shape index (κ3) is 2.89. The van der Waals surface area contributed by atoms with Gasteiger partial charge in [-0.2, -0.15) is 0 Å². The molecule has 25 heavy (non-hydrogen) atoms. The fourth-order valence-corrected chi connectivity index (χ4v) is 2.97. The van der Waals surface area contributed by atoms with Gasteiger partial charge in [0, 0.05) is 35.6 Å². The molecule has 2 heterocycles. The zero-order valence-electron chi connectivity index (χ0n) is 13.4. The van der Waals surface area contributed by atoms with Crippen molar-refractivity contribution in [3.8, 4) is 34.0 Å². The second kappa shape index (κ2) is 6.10. The minimum Gasteiger partial charge on any atom is -0.504 e. The molecule has 0 aliphatic carbocycles. The van der Waals surface area contributed by atoms with Crippen molar-refractivity contribution in [3.05, 3.63) is 57.4 Å². The van der Waals surface area contributed by atoms with Crippen molar-refractivity contribution in [2.24, 2.45) is 7.05 Å². The molecule has 0 fully saturated rings. The highest BCUT2D eigenvalue weighted by Crippen LogP contribution is 2.40. The van der Waals surface area contributed by atoms with Gasteiger partial charge >= 0.3 is 5.69 Å². The van der Waals surface area contributed by atoms with E-state index in [1.807, 2.05) is 25.1 Å². The lowest BCUT2D eigenvalue weighted by atomic mass is 10.1. The van der Waals surface area contributed by atoms with Gasteiger partial charge in [-0.05, 0) is 37.3 Å². The highest BCUT2D eigenvalue weighted by atomic mass is 35.5. The maximum absolute atomic E-state index is 11.0. The first kappa shape index (κ1) is 16.8. The number of nitro groups is 1. The summed E-state index contributed by atoms with van der Waals surface area (Å²) in [5.41, 5.74) is 2.73. The van der Waals surface area contributed by atoms with Crippen molar-refractivity contribution in [1.29, 1.82) is 0 Å². The van der Waals surface area contributed by atoms with E-state index in [9.17, 15) is 20.3 Å². The summed E-state index contributed by atoms with van der Waals surface area (Å²) in [6.07, 6.45) is 0. The molecule has 8 heteroatoms. The smallest absolute Gasteiger partial charge is 0.315 e. The van der Waals surface area contributed by atoms with Gasteiger partial charge < -0.3 is 14.8 Å². The number of aromatic nitrogens is 2. The molecule has 0 spiro atoms. The van der Waals surface area contributed by atoms with Crippen LogP contribution in [-0.2, 0) is 7.05 Å². The van der Waals surface area contributed by atoms with E-state index < -0.39 is 22.1 Å². The Morgan fingerprint density at radius 3 is 2.48 bits per heavy atom. The molecule has 128 valence electrons. The van der Waals surface area contributed by atoms with Crippen LogP contribution in [0.5, 0.6) is 11.5 Å². The van der Waals surface area contributed by atoms with E-state index in [0.717, 1.165) is 17.0 Å². The first-order valence-electron chi connectivity index (χ1n) is 7.29. The number of nitro benzene ring substituents is 1. The normalized spacial score (nSPS) is 10.8. The fraction of sp³-hybridized carbons (Fsp3) is 0.118. The number of benzene rings is 1. The van der Waals surface area contributed by atoms with Crippen LogP contribution in [0.15, 0.2) is 36.4 Å². The highest BCUT2D eigenvalue weighted by molar-refractivity contribution is 6.32. The number of pyridine rings is 1. The molecule has 2 N–H and O–H groups in total. The van der Waals surface area contributed by atoms with Gasteiger partial charge in [0.2, 0.25) is 5.75 Å². The largest absolute Gasteiger partial charge is 0.504 e. The van der Waals surface area contributed by atoms with Crippen LogP contribution < -0.4 is 0 Å². The number of rotatable bonds is 3. The van der Waals surface area contributed by atoms with Gasteiger partial charge in [0.05, 0.1) is 10.6 Å². The van der Waals surface area contributed by atoms with E-state index >= 15 is 0 Å². The van der Waals surface area contributed by atoms with Gasteiger partial charge in [-0.15, -0.1) is 0 Å². The van der Waals surface area contributed by atoms with Gasteiger partial charge in [0.15, 0.2) is 5.75 Å². The lowest BCUT2D eigenvalue weighted by molar-refractivity contribution is -0.385. The number of aromatic hydroxyl groups is 2. The van der Waals surface area contributed by atoms with E-state index in [1.165, 1.54) is 12.1 Å². The third-order valence-electron chi connectivity index (χ3n) is 3.95. The Hall–Kier alpha value is -3.06. The van der Waals surface area contributed by atoms with Gasteiger partial charge in [-0.3, -0.25) is 10.1 Å². The second-order valence-corrected chi connectivity index (χ2v) is 5.93. The third-order valence-corrected chi connectivity index (χ3v) is 4.24. The van der Waals surface area contributed by atoms with Crippen LogP contribution in [0.25, 0.3) is 22.5 Å². The van der Waals surface area contributed by atoms with Crippen LogP contribution in [0.4, 0.5) is 5.69 Å². The summed E-state index contributed by atoms with van der Waals surface area (Å²) in [6, 6.07) is 9.73. The fourth-order valence-electron chi connectivity index (χ4n) is 2.68. The van der Waals surface area contributed by atoms with Gasteiger partial charge in [-0.1, -0.05) is 11.6 Å². The average molecular weight is 360 g/mol. The predicted molar refractivity (Wildman–Crippen MR) is 93.8 cm³/mol. The predicted octanol–water partition coefficient (Wildman–Crippen LogP) is 4.04. The first-order chi connectivity index (χ1) is 11.8. The average Bonchev–Trinajstić information content (AvgIpc) is 2.91. The van der Waals surface area contributed by atoms with Crippen molar-refractivity contribution >= 4 is 17.3 Å². The number of aryl methyl sites for hydroxylation is 1. The number of phenols is 2. The Labute approximate surface area is 147 Å². The maximum Gasteiger partial charge on any atom is 0.315 e. The quantitative estimate of drug-likeness (QED) is 0.318. The molecule has 0 saturated carbocycles. The van der Waals surface area contributed by atoms with E-state index in [0.29, 0.717) is 16.4 Å². The highest BCUT2D eigenvalue weighted by Gasteiger charge is 2.21. The van der Waals surface area contributed by atoms with Crippen LogP contribution in [0.1, 0.15) is 5.69 Å². The van der Waals surface area contributed by atoms with Crippen molar-refractivity contribution in [3.63, 3.8) is 0 Å². The molecule has 0 aliphatic rings. The summed E-state index contributed by atoms with van der Waals surface area (Å²) in [5, 5.41) is 30.8. The molecule has 3 aromatic rings. The lowest BCUT2D eigenvalue weighted by Gasteiger charge is -2.10. The molecule has 0 amide bonds. The Balaban J connectivity index is 2.15. The van der Waals surface area contributed by atoms with E-state index in [-0.39, 0.29) is 0 Å². The van der Waals surface area contributed by atoms with Crippen LogP contribution in [-0.4, -0.2) is 24.7 Å². The zero-order chi connectivity index (χ0) is 18.3. The van der Waals surface area contributed by atoms with Crippen LogP contribution in [0, 0.1) is 17.0 Å². The molecule has 1 aromatic carbocycles. The number of nitrogens with zero attached hydrogens (tertiary/aromatic N) is 3. The minimum absolute atomic E-state index is 0.354. The van der Waals surface area contributed by atoms with Gasteiger partial charge in [0.25, 0.3) is 0 Å². The minimum atomic E-state index is -0.756. The molecule has 3 rings (SSSR count). The molecule has 7 nitrogen and oxygen atoms in total. The van der Waals surface area contributed by atoms with E-state index in [2.05, 4.69) is 4.98 Å². The maximum atomic E-state index is 11.0. The van der Waals surface area contributed by atoms with Crippen molar-refractivity contribution in [2.75, 3.05) is 0 Å². The number of hydrogen-bond acceptors (Lipinski definition) is 5. The SMILES string of the molecule is Cc1ccc(-c2ccc(-c3cc(O)c(O)c([N+](=O)[O-])c3)n2C)c(Cl)n1. The number of halogens is 1. The molecule has 0 unspecified atom stereocenters. The molecule has 0 bridgehead atoms. The summed E-state index contributed by atoms with van der Waals surface area (Å²) in [4.78, 5) is 14.5. The summed E-state index contributed by atoms with van der Waals surface area (Å²) >= 11 is 6.22. The lowest BCUT2D eigenvalue weighted by Crippen LogP contribution is -1.97. The monoisotopic (exact) mass is 359 g/mol. The van der Waals surface area contributed by atoms with Crippen LogP contribution in [0.2, 0.25) is 5.15 Å². The zero-order valence-corrected chi connectivity index (χ0v) is 14.2. The molecule has 0 aliphatic heterocycles. The Bertz CT molecular complexity index is 998. The molecular weight excluding hydrogens is 346 g/mol. The molecule has 2 aromatic heterocycles. The van der Waals surface area contributed by atoms with Crippen LogP contribution >= 0.6 is 11.6 Å². The van der Waals surface area contributed by atoms with Crippen LogP contribution in [0.3, 0.4) is 0 Å². The number of phenolic OH excluding ortho intramolecular Hbond substituents is 2. The topological polar surface area (TPSA) is 101 Å². The Morgan fingerprint density at radius 1 is 1.16 bits per heavy atom. The van der Waals surface area contributed by atoms with Gasteiger partial charge in [0.1, 0.15) is 5.15 Å². The summed E-state index contributed by atoms with van der Waals surface area (Å²) < 4.78 is 1.79. The molecule has 0 atom stereocenters. The summed E-state index contributed by atoms with van der Waals surface area (Å²) in [5.74, 6) is -1.31. The van der Waals surface area contributed by atoms with Crippen molar-refractivity contribution in [2.45, 2.75) is 6.92 Å². The molecule has 0 radical (unpaired) electrons.